The summed E-state index contributed by atoms with van der Waals surface area (Å²) in [5, 5.41) is 3.32. The van der Waals surface area contributed by atoms with Crippen molar-refractivity contribution >= 4 is 5.91 Å². The van der Waals surface area contributed by atoms with Gasteiger partial charge in [0.25, 0.3) is 0 Å². The van der Waals surface area contributed by atoms with Gasteiger partial charge in [0.05, 0.1) is 6.54 Å². The minimum absolute atomic E-state index is 0.276. The molecule has 2 aliphatic rings. The molecule has 2 fully saturated rings. The number of hydrogen-bond donors (Lipinski definition) is 1. The summed E-state index contributed by atoms with van der Waals surface area (Å²) in [5.74, 6) is 0.276. The van der Waals surface area contributed by atoms with Gasteiger partial charge in [-0.1, -0.05) is 13.3 Å². The first-order valence-corrected chi connectivity index (χ1v) is 7.88. The van der Waals surface area contributed by atoms with Crippen LogP contribution in [0.2, 0.25) is 0 Å². The van der Waals surface area contributed by atoms with Crippen molar-refractivity contribution in [3.63, 3.8) is 0 Å². The maximum Gasteiger partial charge on any atom is 0.236 e. The Morgan fingerprint density at radius 3 is 2.89 bits per heavy atom. The lowest BCUT2D eigenvalue weighted by molar-refractivity contribution is -0.137. The highest BCUT2D eigenvalue weighted by atomic mass is 16.2. The van der Waals surface area contributed by atoms with Gasteiger partial charge in [-0.05, 0) is 39.7 Å². The molecule has 1 amide bonds. The van der Waals surface area contributed by atoms with E-state index in [-0.39, 0.29) is 5.91 Å². The fourth-order valence-electron chi connectivity index (χ4n) is 3.21. The molecule has 0 radical (unpaired) electrons. The minimum atomic E-state index is 0.276. The zero-order valence-electron chi connectivity index (χ0n) is 12.7. The first kappa shape index (κ1) is 14.8. The highest BCUT2D eigenvalue weighted by Crippen LogP contribution is 2.23. The molecule has 3 unspecified atom stereocenters. The number of piperidine rings is 1. The van der Waals surface area contributed by atoms with Gasteiger partial charge < -0.3 is 10.2 Å². The number of carbonyl (C=O) groups excluding carboxylic acids is 1. The van der Waals surface area contributed by atoms with E-state index in [1.54, 1.807) is 0 Å². The van der Waals surface area contributed by atoms with Crippen molar-refractivity contribution in [2.45, 2.75) is 64.6 Å². The number of rotatable bonds is 4. The second-order valence-corrected chi connectivity index (χ2v) is 6.23. The van der Waals surface area contributed by atoms with E-state index in [4.69, 9.17) is 0 Å². The molecule has 0 aromatic heterocycles. The number of nitrogens with zero attached hydrogens (tertiary/aromatic N) is 2. The van der Waals surface area contributed by atoms with Gasteiger partial charge in [0.15, 0.2) is 0 Å². The van der Waals surface area contributed by atoms with E-state index in [9.17, 15) is 4.79 Å². The summed E-state index contributed by atoms with van der Waals surface area (Å²) in [5.41, 5.74) is 0. The smallest absolute Gasteiger partial charge is 0.236 e. The van der Waals surface area contributed by atoms with Crippen LogP contribution in [-0.2, 0) is 4.79 Å². The van der Waals surface area contributed by atoms with Gasteiger partial charge in [-0.3, -0.25) is 9.69 Å². The van der Waals surface area contributed by atoms with Crippen LogP contribution in [0.3, 0.4) is 0 Å². The van der Waals surface area contributed by atoms with Crippen molar-refractivity contribution in [2.75, 3.05) is 26.2 Å². The normalized spacial score (nSPS) is 29.9. The molecule has 110 valence electrons. The third-order valence-electron chi connectivity index (χ3n) is 4.72. The SMILES string of the molecule is CCC(C)NCC(=O)N1CC2CCCCN2CC1C. The van der Waals surface area contributed by atoms with Gasteiger partial charge in [-0.25, -0.2) is 0 Å². The van der Waals surface area contributed by atoms with E-state index in [1.165, 1.54) is 25.8 Å². The van der Waals surface area contributed by atoms with Crippen molar-refractivity contribution in [2.24, 2.45) is 0 Å². The number of nitrogens with one attached hydrogen (secondary N) is 1. The molecule has 0 aliphatic carbocycles. The lowest BCUT2D eigenvalue weighted by atomic mass is 9.97. The Morgan fingerprint density at radius 2 is 2.16 bits per heavy atom. The Kier molecular flexibility index (Phi) is 5.22. The molecule has 0 aromatic rings. The number of carbonyl (C=O) groups is 1. The van der Waals surface area contributed by atoms with Crippen molar-refractivity contribution in [1.82, 2.24) is 15.1 Å². The molecule has 4 nitrogen and oxygen atoms in total. The zero-order valence-corrected chi connectivity index (χ0v) is 12.7. The monoisotopic (exact) mass is 267 g/mol. The maximum atomic E-state index is 12.3. The standard InChI is InChI=1S/C15H29N3O/c1-4-12(2)16-9-15(19)18-11-14-7-5-6-8-17(14)10-13(18)3/h12-14,16H,4-11H2,1-3H3. The van der Waals surface area contributed by atoms with Gasteiger partial charge in [0.2, 0.25) is 5.91 Å². The van der Waals surface area contributed by atoms with Crippen LogP contribution in [0.25, 0.3) is 0 Å². The van der Waals surface area contributed by atoms with Crippen molar-refractivity contribution in [3.8, 4) is 0 Å². The van der Waals surface area contributed by atoms with Crippen molar-refractivity contribution < 1.29 is 4.79 Å². The summed E-state index contributed by atoms with van der Waals surface area (Å²) in [7, 11) is 0. The molecule has 19 heavy (non-hydrogen) atoms. The van der Waals surface area contributed by atoms with E-state index in [2.05, 4.69) is 35.9 Å². The molecular weight excluding hydrogens is 238 g/mol. The van der Waals surface area contributed by atoms with Crippen molar-refractivity contribution in [1.29, 1.82) is 0 Å². The molecule has 0 spiro atoms. The highest BCUT2D eigenvalue weighted by Gasteiger charge is 2.34. The Morgan fingerprint density at radius 1 is 1.37 bits per heavy atom. The van der Waals surface area contributed by atoms with Crippen LogP contribution in [0.1, 0.15) is 46.5 Å². The Hall–Kier alpha value is -0.610. The lowest BCUT2D eigenvalue weighted by Crippen LogP contribution is -2.61. The van der Waals surface area contributed by atoms with Crippen LogP contribution in [0.5, 0.6) is 0 Å². The molecule has 2 aliphatic heterocycles. The predicted molar refractivity (Wildman–Crippen MR) is 78.1 cm³/mol. The summed E-state index contributed by atoms with van der Waals surface area (Å²) < 4.78 is 0. The fraction of sp³-hybridized carbons (Fsp3) is 0.933. The second-order valence-electron chi connectivity index (χ2n) is 6.23. The predicted octanol–water partition coefficient (Wildman–Crippen LogP) is 1.46. The maximum absolute atomic E-state index is 12.3. The lowest BCUT2D eigenvalue weighted by Gasteiger charge is -2.47. The van der Waals surface area contributed by atoms with Crippen LogP contribution in [-0.4, -0.2) is 60.0 Å². The van der Waals surface area contributed by atoms with E-state index in [0.29, 0.717) is 24.7 Å². The second kappa shape index (κ2) is 6.71. The topological polar surface area (TPSA) is 35.6 Å². The van der Waals surface area contributed by atoms with E-state index in [1.807, 2.05) is 0 Å². The van der Waals surface area contributed by atoms with Crippen LogP contribution >= 0.6 is 0 Å². The van der Waals surface area contributed by atoms with Gasteiger partial charge in [-0.15, -0.1) is 0 Å². The van der Waals surface area contributed by atoms with Crippen LogP contribution in [0.4, 0.5) is 0 Å². The Labute approximate surface area is 117 Å². The van der Waals surface area contributed by atoms with Gasteiger partial charge in [0.1, 0.15) is 0 Å². The number of amides is 1. The molecular formula is C15H29N3O. The number of hydrogen-bond acceptors (Lipinski definition) is 3. The van der Waals surface area contributed by atoms with E-state index in [0.717, 1.165) is 19.5 Å². The van der Waals surface area contributed by atoms with E-state index < -0.39 is 0 Å². The van der Waals surface area contributed by atoms with Gasteiger partial charge in [-0.2, -0.15) is 0 Å². The van der Waals surface area contributed by atoms with Crippen molar-refractivity contribution in [3.05, 3.63) is 0 Å². The van der Waals surface area contributed by atoms with Gasteiger partial charge >= 0.3 is 0 Å². The zero-order chi connectivity index (χ0) is 13.8. The molecule has 3 atom stereocenters. The molecule has 0 saturated carbocycles. The highest BCUT2D eigenvalue weighted by molar-refractivity contribution is 5.78. The molecule has 2 rings (SSSR count). The summed E-state index contributed by atoms with van der Waals surface area (Å²) in [6.45, 7) is 10.2. The average Bonchev–Trinajstić information content (AvgIpc) is 2.43. The third-order valence-corrected chi connectivity index (χ3v) is 4.72. The summed E-state index contributed by atoms with van der Waals surface area (Å²) in [6, 6.07) is 1.40. The molecule has 2 heterocycles. The van der Waals surface area contributed by atoms with Crippen LogP contribution < -0.4 is 5.32 Å². The summed E-state index contributed by atoms with van der Waals surface area (Å²) in [4.78, 5) is 17.0. The third kappa shape index (κ3) is 3.69. The van der Waals surface area contributed by atoms with Crippen LogP contribution in [0, 0.1) is 0 Å². The Bertz CT molecular complexity index is 308. The molecule has 1 N–H and O–H groups in total. The summed E-state index contributed by atoms with van der Waals surface area (Å²) >= 11 is 0. The number of fused-ring (bicyclic) bond motifs is 1. The quantitative estimate of drug-likeness (QED) is 0.837. The number of piperazine rings is 1. The molecule has 4 heteroatoms. The first-order valence-electron chi connectivity index (χ1n) is 7.88. The fourth-order valence-corrected chi connectivity index (χ4v) is 3.21. The molecule has 2 saturated heterocycles. The first-order chi connectivity index (χ1) is 9.11. The van der Waals surface area contributed by atoms with E-state index >= 15 is 0 Å². The Balaban J connectivity index is 1.86. The largest absolute Gasteiger partial charge is 0.336 e. The average molecular weight is 267 g/mol. The molecule has 0 bridgehead atoms. The molecule has 0 aromatic carbocycles. The van der Waals surface area contributed by atoms with Gasteiger partial charge in [0, 0.05) is 31.2 Å². The summed E-state index contributed by atoms with van der Waals surface area (Å²) in [6.07, 6.45) is 4.98. The van der Waals surface area contributed by atoms with Crippen LogP contribution in [0.15, 0.2) is 0 Å². The minimum Gasteiger partial charge on any atom is -0.336 e.